The van der Waals surface area contributed by atoms with E-state index in [4.69, 9.17) is 5.11 Å². The number of aliphatic hydroxyl groups excluding tert-OH is 1. The molecule has 20 heavy (non-hydrogen) atoms. The summed E-state index contributed by atoms with van der Waals surface area (Å²) in [4.78, 5) is 13.5. The zero-order valence-corrected chi connectivity index (χ0v) is 11.3. The molecule has 0 heterocycles. The third-order valence-electron chi connectivity index (χ3n) is 3.71. The fourth-order valence-corrected chi connectivity index (χ4v) is 2.50. The number of rotatable bonds is 7. The summed E-state index contributed by atoms with van der Waals surface area (Å²) in [6, 6.07) is 9.59. The first kappa shape index (κ1) is 14.9. The molecular formula is C15H19F2NO2. The highest BCUT2D eigenvalue weighted by Crippen LogP contribution is 2.49. The summed E-state index contributed by atoms with van der Waals surface area (Å²) < 4.78 is 25.1. The maximum absolute atomic E-state index is 12.5. The van der Waals surface area contributed by atoms with Gasteiger partial charge in [-0.1, -0.05) is 30.3 Å². The number of aliphatic hydroxyl groups is 1. The lowest BCUT2D eigenvalue weighted by atomic mass is 9.95. The molecular weight excluding hydrogens is 264 g/mol. The highest BCUT2D eigenvalue weighted by Gasteiger charge is 2.51. The lowest BCUT2D eigenvalue weighted by Crippen LogP contribution is -2.42. The number of halogens is 2. The van der Waals surface area contributed by atoms with Crippen molar-refractivity contribution in [3.63, 3.8) is 0 Å². The molecule has 110 valence electrons. The van der Waals surface area contributed by atoms with Gasteiger partial charge in [-0.05, 0) is 24.8 Å². The Labute approximate surface area is 117 Å². The summed E-state index contributed by atoms with van der Waals surface area (Å²) in [5.74, 6) is -0.254. The first-order chi connectivity index (χ1) is 9.57. The van der Waals surface area contributed by atoms with Crippen LogP contribution in [-0.4, -0.2) is 42.0 Å². The molecule has 0 bridgehead atoms. The van der Waals surface area contributed by atoms with Crippen LogP contribution in [0.3, 0.4) is 0 Å². The molecule has 1 N–H and O–H groups in total. The van der Waals surface area contributed by atoms with Crippen molar-refractivity contribution in [2.45, 2.75) is 25.7 Å². The van der Waals surface area contributed by atoms with Crippen molar-refractivity contribution < 1.29 is 18.7 Å². The minimum absolute atomic E-state index is 0.0281. The highest BCUT2D eigenvalue weighted by atomic mass is 19.3. The van der Waals surface area contributed by atoms with Gasteiger partial charge in [-0.2, -0.15) is 0 Å². The summed E-state index contributed by atoms with van der Waals surface area (Å²) in [7, 11) is 0. The van der Waals surface area contributed by atoms with E-state index in [0.29, 0.717) is 6.42 Å². The number of carbonyl (C=O) groups is 1. The van der Waals surface area contributed by atoms with Gasteiger partial charge in [0.1, 0.15) is 0 Å². The SMILES string of the molecule is O=C(N(CCO)CC(F)F)C1(Cc2ccccc2)CC1. The molecule has 0 spiro atoms. The van der Waals surface area contributed by atoms with Crippen LogP contribution in [0.2, 0.25) is 0 Å². The summed E-state index contributed by atoms with van der Waals surface area (Å²) in [5, 5.41) is 8.94. The van der Waals surface area contributed by atoms with Gasteiger partial charge < -0.3 is 10.0 Å². The molecule has 1 fully saturated rings. The van der Waals surface area contributed by atoms with Crippen LogP contribution in [0.1, 0.15) is 18.4 Å². The first-order valence-corrected chi connectivity index (χ1v) is 6.80. The molecule has 1 amide bonds. The van der Waals surface area contributed by atoms with E-state index >= 15 is 0 Å². The molecule has 1 aliphatic rings. The number of nitrogens with zero attached hydrogens (tertiary/aromatic N) is 1. The third kappa shape index (κ3) is 3.54. The van der Waals surface area contributed by atoms with Crippen LogP contribution in [0.4, 0.5) is 8.78 Å². The number of alkyl halides is 2. The molecule has 1 saturated carbocycles. The zero-order chi connectivity index (χ0) is 14.6. The van der Waals surface area contributed by atoms with E-state index in [1.165, 1.54) is 0 Å². The molecule has 0 atom stereocenters. The maximum atomic E-state index is 12.5. The number of carbonyl (C=O) groups excluding carboxylic acids is 1. The van der Waals surface area contributed by atoms with E-state index < -0.39 is 18.4 Å². The fraction of sp³-hybridized carbons (Fsp3) is 0.533. The summed E-state index contributed by atoms with van der Waals surface area (Å²) in [6.45, 7) is -0.921. The lowest BCUT2D eigenvalue weighted by Gasteiger charge is -2.26. The van der Waals surface area contributed by atoms with E-state index in [0.717, 1.165) is 23.3 Å². The van der Waals surface area contributed by atoms with E-state index in [-0.39, 0.29) is 19.1 Å². The van der Waals surface area contributed by atoms with Crippen LogP contribution in [0, 0.1) is 5.41 Å². The highest BCUT2D eigenvalue weighted by molar-refractivity contribution is 5.85. The molecule has 0 unspecified atom stereocenters. The van der Waals surface area contributed by atoms with E-state index in [9.17, 15) is 13.6 Å². The minimum Gasteiger partial charge on any atom is -0.395 e. The Kier molecular flexibility index (Phi) is 4.70. The summed E-state index contributed by atoms with van der Waals surface area (Å²) in [6.07, 6.45) is -0.534. The standard InChI is InChI=1S/C15H19F2NO2/c16-13(17)11-18(8-9-19)14(20)15(6-7-15)10-12-4-2-1-3-5-12/h1-5,13,19H,6-11H2. The van der Waals surface area contributed by atoms with Crippen molar-refractivity contribution >= 4 is 5.91 Å². The molecule has 0 radical (unpaired) electrons. The van der Waals surface area contributed by atoms with Crippen molar-refractivity contribution in [2.24, 2.45) is 5.41 Å². The van der Waals surface area contributed by atoms with Gasteiger partial charge in [0.15, 0.2) is 0 Å². The van der Waals surface area contributed by atoms with Crippen molar-refractivity contribution in [1.29, 1.82) is 0 Å². The molecule has 0 saturated heterocycles. The largest absolute Gasteiger partial charge is 0.395 e. The van der Waals surface area contributed by atoms with Crippen LogP contribution in [0.5, 0.6) is 0 Å². The Hall–Kier alpha value is -1.49. The lowest BCUT2D eigenvalue weighted by molar-refractivity contribution is -0.139. The van der Waals surface area contributed by atoms with Gasteiger partial charge >= 0.3 is 0 Å². The average molecular weight is 283 g/mol. The summed E-state index contributed by atoms with van der Waals surface area (Å²) in [5.41, 5.74) is 0.505. The van der Waals surface area contributed by atoms with Crippen LogP contribution in [-0.2, 0) is 11.2 Å². The number of amides is 1. The predicted octanol–water partition coefficient (Wildman–Crippen LogP) is 2.10. The van der Waals surface area contributed by atoms with Gasteiger partial charge in [-0.25, -0.2) is 8.78 Å². The normalized spacial score (nSPS) is 16.2. The number of hydrogen-bond acceptors (Lipinski definition) is 2. The van der Waals surface area contributed by atoms with Crippen LogP contribution < -0.4 is 0 Å². The van der Waals surface area contributed by atoms with Crippen molar-refractivity contribution in [3.8, 4) is 0 Å². The molecule has 2 rings (SSSR count). The monoisotopic (exact) mass is 283 g/mol. The first-order valence-electron chi connectivity index (χ1n) is 6.80. The Morgan fingerprint density at radius 3 is 2.45 bits per heavy atom. The number of hydrogen-bond donors (Lipinski definition) is 1. The van der Waals surface area contributed by atoms with Gasteiger partial charge in [0.05, 0.1) is 18.6 Å². The molecule has 3 nitrogen and oxygen atoms in total. The van der Waals surface area contributed by atoms with Gasteiger partial charge in [-0.15, -0.1) is 0 Å². The Bertz CT molecular complexity index is 446. The Morgan fingerprint density at radius 2 is 1.95 bits per heavy atom. The quantitative estimate of drug-likeness (QED) is 0.832. The second-order valence-corrected chi connectivity index (χ2v) is 5.31. The van der Waals surface area contributed by atoms with Crippen molar-refractivity contribution in [2.75, 3.05) is 19.7 Å². The minimum atomic E-state index is -2.57. The Balaban J connectivity index is 2.06. The van der Waals surface area contributed by atoms with Gasteiger partial charge in [0, 0.05) is 6.54 Å². The molecule has 5 heteroatoms. The van der Waals surface area contributed by atoms with Crippen LogP contribution in [0.25, 0.3) is 0 Å². The molecule has 1 aliphatic carbocycles. The van der Waals surface area contributed by atoms with Crippen LogP contribution >= 0.6 is 0 Å². The molecule has 0 aliphatic heterocycles. The van der Waals surface area contributed by atoms with E-state index in [1.807, 2.05) is 30.3 Å². The second kappa shape index (κ2) is 6.31. The third-order valence-corrected chi connectivity index (χ3v) is 3.71. The second-order valence-electron chi connectivity index (χ2n) is 5.31. The Morgan fingerprint density at radius 1 is 1.30 bits per heavy atom. The molecule has 1 aromatic rings. The average Bonchev–Trinajstić information content (AvgIpc) is 3.19. The number of benzene rings is 1. The summed E-state index contributed by atoms with van der Waals surface area (Å²) >= 11 is 0. The van der Waals surface area contributed by atoms with Gasteiger partial charge in [0.25, 0.3) is 6.43 Å². The van der Waals surface area contributed by atoms with E-state index in [2.05, 4.69) is 0 Å². The smallest absolute Gasteiger partial charge is 0.255 e. The fourth-order valence-electron chi connectivity index (χ4n) is 2.50. The van der Waals surface area contributed by atoms with Gasteiger partial charge in [0.2, 0.25) is 5.91 Å². The molecule has 0 aromatic heterocycles. The van der Waals surface area contributed by atoms with Gasteiger partial charge in [-0.3, -0.25) is 4.79 Å². The zero-order valence-electron chi connectivity index (χ0n) is 11.3. The topological polar surface area (TPSA) is 40.5 Å². The van der Waals surface area contributed by atoms with Crippen molar-refractivity contribution in [1.82, 2.24) is 4.90 Å². The molecule has 1 aromatic carbocycles. The van der Waals surface area contributed by atoms with Crippen LogP contribution in [0.15, 0.2) is 30.3 Å². The maximum Gasteiger partial charge on any atom is 0.255 e. The van der Waals surface area contributed by atoms with Crippen molar-refractivity contribution in [3.05, 3.63) is 35.9 Å². The van der Waals surface area contributed by atoms with E-state index in [1.54, 1.807) is 0 Å². The predicted molar refractivity (Wildman–Crippen MR) is 71.5 cm³/mol.